The van der Waals surface area contributed by atoms with Gasteiger partial charge in [-0.05, 0) is 28.1 Å². The van der Waals surface area contributed by atoms with E-state index in [9.17, 15) is 9.18 Å². The Morgan fingerprint density at radius 3 is 2.65 bits per heavy atom. The summed E-state index contributed by atoms with van der Waals surface area (Å²) in [6.45, 7) is -0.111. The van der Waals surface area contributed by atoms with Crippen LogP contribution in [-0.4, -0.2) is 24.1 Å². The standard InChI is InChI=1S/C17H12BrFN6O/c18-13-14(10-5-2-1-3-6-10)22-16(20)25-15(13)23-24(17(25)26)9-12-11(19)7-4-8-21-12/h1-8H,9H2,(H2,20,22). The fourth-order valence-corrected chi connectivity index (χ4v) is 3.22. The molecule has 0 saturated heterocycles. The van der Waals surface area contributed by atoms with Crippen LogP contribution in [0.3, 0.4) is 0 Å². The van der Waals surface area contributed by atoms with Crippen molar-refractivity contribution in [1.29, 1.82) is 0 Å². The first kappa shape index (κ1) is 16.4. The lowest BCUT2D eigenvalue weighted by molar-refractivity contribution is 0.564. The van der Waals surface area contributed by atoms with Crippen molar-refractivity contribution >= 4 is 27.5 Å². The number of aromatic nitrogens is 5. The lowest BCUT2D eigenvalue weighted by Gasteiger charge is -2.06. The smallest absolute Gasteiger partial charge is 0.353 e. The minimum absolute atomic E-state index is 0.000189. The van der Waals surface area contributed by atoms with Gasteiger partial charge in [0.2, 0.25) is 5.95 Å². The monoisotopic (exact) mass is 414 g/mol. The van der Waals surface area contributed by atoms with Gasteiger partial charge in [-0.2, -0.15) is 0 Å². The molecular formula is C17H12BrFN6O. The summed E-state index contributed by atoms with van der Waals surface area (Å²) in [6.07, 6.45) is 1.46. The highest BCUT2D eigenvalue weighted by Crippen LogP contribution is 2.29. The predicted octanol–water partition coefficient (Wildman–Crippen LogP) is 2.49. The molecule has 130 valence electrons. The molecule has 0 aliphatic heterocycles. The third kappa shape index (κ3) is 2.66. The predicted molar refractivity (Wildman–Crippen MR) is 98.1 cm³/mol. The molecule has 2 N–H and O–H groups in total. The summed E-state index contributed by atoms with van der Waals surface area (Å²) in [4.78, 5) is 20.9. The van der Waals surface area contributed by atoms with Crippen LogP contribution in [-0.2, 0) is 6.54 Å². The maximum Gasteiger partial charge on any atom is 0.353 e. The van der Waals surface area contributed by atoms with E-state index in [0.717, 1.165) is 10.2 Å². The van der Waals surface area contributed by atoms with E-state index in [2.05, 4.69) is 31.0 Å². The SMILES string of the molecule is Nc1nc(-c2ccccc2)c(Br)c2nn(Cc3ncccc3F)c(=O)n12. The number of fused-ring (bicyclic) bond motifs is 1. The molecule has 3 heterocycles. The second kappa shape index (κ2) is 6.34. The van der Waals surface area contributed by atoms with E-state index in [-0.39, 0.29) is 18.2 Å². The van der Waals surface area contributed by atoms with Gasteiger partial charge in [0.05, 0.1) is 22.4 Å². The van der Waals surface area contributed by atoms with E-state index in [4.69, 9.17) is 5.73 Å². The van der Waals surface area contributed by atoms with Crippen LogP contribution < -0.4 is 11.4 Å². The van der Waals surface area contributed by atoms with Crippen LogP contribution in [0.5, 0.6) is 0 Å². The van der Waals surface area contributed by atoms with E-state index in [0.29, 0.717) is 15.8 Å². The van der Waals surface area contributed by atoms with E-state index in [1.54, 1.807) is 0 Å². The normalized spacial score (nSPS) is 11.2. The Bertz CT molecular complexity index is 1170. The molecule has 4 rings (SSSR count). The van der Waals surface area contributed by atoms with Crippen molar-refractivity contribution < 1.29 is 4.39 Å². The topological polar surface area (TPSA) is 91.1 Å². The van der Waals surface area contributed by atoms with Crippen LogP contribution in [0.2, 0.25) is 0 Å². The number of hydrogen-bond acceptors (Lipinski definition) is 5. The maximum atomic E-state index is 13.8. The summed E-state index contributed by atoms with van der Waals surface area (Å²) in [6, 6.07) is 12.2. The van der Waals surface area contributed by atoms with Gasteiger partial charge < -0.3 is 5.73 Å². The Kier molecular flexibility index (Phi) is 4.00. The molecule has 1 aromatic carbocycles. The first-order valence-corrected chi connectivity index (χ1v) is 8.45. The van der Waals surface area contributed by atoms with Crippen molar-refractivity contribution in [3.05, 3.63) is 75.1 Å². The molecule has 3 aromatic heterocycles. The molecule has 0 bridgehead atoms. The highest BCUT2D eigenvalue weighted by atomic mass is 79.9. The number of nitrogens with two attached hydrogens (primary N) is 1. The number of anilines is 1. The number of nitrogens with zero attached hydrogens (tertiary/aromatic N) is 5. The zero-order chi connectivity index (χ0) is 18.3. The molecular weight excluding hydrogens is 403 g/mol. The largest absolute Gasteiger partial charge is 0.369 e. The van der Waals surface area contributed by atoms with E-state index < -0.39 is 11.5 Å². The van der Waals surface area contributed by atoms with Crippen molar-refractivity contribution in [2.45, 2.75) is 6.54 Å². The third-order valence-electron chi connectivity index (χ3n) is 3.88. The van der Waals surface area contributed by atoms with Gasteiger partial charge in [-0.1, -0.05) is 30.3 Å². The highest BCUT2D eigenvalue weighted by Gasteiger charge is 2.19. The van der Waals surface area contributed by atoms with Gasteiger partial charge in [0, 0.05) is 11.8 Å². The lowest BCUT2D eigenvalue weighted by atomic mass is 10.1. The molecule has 0 aliphatic carbocycles. The first-order chi connectivity index (χ1) is 12.6. The summed E-state index contributed by atoms with van der Waals surface area (Å²) in [7, 11) is 0. The van der Waals surface area contributed by atoms with Gasteiger partial charge in [0.15, 0.2) is 5.65 Å². The molecule has 0 spiro atoms. The van der Waals surface area contributed by atoms with Crippen LogP contribution in [0.25, 0.3) is 16.9 Å². The lowest BCUT2D eigenvalue weighted by Crippen LogP contribution is -2.24. The molecule has 26 heavy (non-hydrogen) atoms. The molecule has 0 fully saturated rings. The number of nitrogen functional groups attached to an aromatic ring is 1. The van der Waals surface area contributed by atoms with Crippen LogP contribution in [0, 0.1) is 5.82 Å². The molecule has 0 saturated carbocycles. The van der Waals surface area contributed by atoms with Gasteiger partial charge in [0.25, 0.3) is 0 Å². The molecule has 0 radical (unpaired) electrons. The highest BCUT2D eigenvalue weighted by molar-refractivity contribution is 9.10. The van der Waals surface area contributed by atoms with E-state index in [1.165, 1.54) is 22.7 Å². The van der Waals surface area contributed by atoms with Crippen LogP contribution >= 0.6 is 15.9 Å². The number of halogens is 2. The number of rotatable bonds is 3. The third-order valence-corrected chi connectivity index (χ3v) is 4.61. The minimum atomic E-state index is -0.518. The minimum Gasteiger partial charge on any atom is -0.369 e. The van der Waals surface area contributed by atoms with E-state index >= 15 is 0 Å². The fourth-order valence-electron chi connectivity index (χ4n) is 2.64. The molecule has 9 heteroatoms. The summed E-state index contributed by atoms with van der Waals surface area (Å²) in [5.74, 6) is -0.508. The Morgan fingerprint density at radius 2 is 1.92 bits per heavy atom. The van der Waals surface area contributed by atoms with Crippen LogP contribution in [0.1, 0.15) is 5.69 Å². The average molecular weight is 415 g/mol. The second-order valence-corrected chi connectivity index (χ2v) is 6.32. The number of hydrogen-bond donors (Lipinski definition) is 1. The summed E-state index contributed by atoms with van der Waals surface area (Å²) in [5.41, 5.74) is 7.28. The van der Waals surface area contributed by atoms with Gasteiger partial charge in [-0.3, -0.25) is 4.98 Å². The first-order valence-electron chi connectivity index (χ1n) is 7.65. The summed E-state index contributed by atoms with van der Waals surface area (Å²) < 4.78 is 16.7. The molecule has 0 atom stereocenters. The fraction of sp³-hybridized carbons (Fsp3) is 0.0588. The van der Waals surface area contributed by atoms with E-state index in [1.807, 2.05) is 30.3 Å². The maximum absolute atomic E-state index is 13.8. The quantitative estimate of drug-likeness (QED) is 0.555. The molecule has 0 aliphatic rings. The Balaban J connectivity index is 1.90. The van der Waals surface area contributed by atoms with Gasteiger partial charge in [-0.15, -0.1) is 5.10 Å². The van der Waals surface area contributed by atoms with Crippen LogP contribution in [0.15, 0.2) is 57.9 Å². The Morgan fingerprint density at radius 1 is 1.15 bits per heavy atom. The Labute approximate surface area is 155 Å². The van der Waals surface area contributed by atoms with Gasteiger partial charge in [0.1, 0.15) is 5.82 Å². The zero-order valence-electron chi connectivity index (χ0n) is 13.3. The van der Waals surface area contributed by atoms with Crippen molar-refractivity contribution in [3.8, 4) is 11.3 Å². The Hall–Kier alpha value is -3.07. The van der Waals surface area contributed by atoms with Crippen LogP contribution in [0.4, 0.5) is 10.3 Å². The average Bonchev–Trinajstić information content (AvgIpc) is 2.98. The number of benzene rings is 1. The van der Waals surface area contributed by atoms with Gasteiger partial charge >= 0.3 is 5.69 Å². The molecule has 4 aromatic rings. The molecule has 0 amide bonds. The van der Waals surface area contributed by atoms with Crippen molar-refractivity contribution in [1.82, 2.24) is 24.1 Å². The number of pyridine rings is 1. The molecule has 7 nitrogen and oxygen atoms in total. The van der Waals surface area contributed by atoms with Crippen molar-refractivity contribution in [2.75, 3.05) is 5.73 Å². The summed E-state index contributed by atoms with van der Waals surface area (Å²) in [5, 5.41) is 4.29. The molecule has 0 unspecified atom stereocenters. The second-order valence-electron chi connectivity index (χ2n) is 5.53. The zero-order valence-corrected chi connectivity index (χ0v) is 14.9. The van der Waals surface area contributed by atoms with Crippen molar-refractivity contribution in [2.24, 2.45) is 0 Å². The van der Waals surface area contributed by atoms with Gasteiger partial charge in [-0.25, -0.2) is 23.3 Å². The van der Waals surface area contributed by atoms with Crippen molar-refractivity contribution in [3.63, 3.8) is 0 Å². The summed E-state index contributed by atoms with van der Waals surface area (Å²) >= 11 is 3.46.